The van der Waals surface area contributed by atoms with E-state index in [2.05, 4.69) is 5.32 Å². The summed E-state index contributed by atoms with van der Waals surface area (Å²) in [6, 6.07) is 22.4. The van der Waals surface area contributed by atoms with Gasteiger partial charge in [-0.2, -0.15) is 0 Å². The molecule has 3 aromatic rings. The van der Waals surface area contributed by atoms with E-state index in [9.17, 15) is 9.90 Å². The highest BCUT2D eigenvalue weighted by molar-refractivity contribution is 6.31. The lowest BCUT2D eigenvalue weighted by Crippen LogP contribution is -2.22. The molecule has 0 saturated heterocycles. The number of carbonyl (C=O) groups excluding carboxylic acids is 1. The third-order valence-electron chi connectivity index (χ3n) is 3.69. The molecule has 3 aromatic carbocycles. The fourth-order valence-electron chi connectivity index (χ4n) is 2.46. The second-order valence-corrected chi connectivity index (χ2v) is 5.85. The minimum atomic E-state index is -0.361. The number of aromatic hydroxyl groups is 1. The van der Waals surface area contributed by atoms with Gasteiger partial charge in [-0.15, -0.1) is 0 Å². The van der Waals surface area contributed by atoms with Crippen LogP contribution in [0.1, 0.15) is 15.9 Å². The summed E-state index contributed by atoms with van der Waals surface area (Å²) in [5, 5.41) is 13.0. The van der Waals surface area contributed by atoms with E-state index in [1.54, 1.807) is 0 Å². The highest BCUT2D eigenvalue weighted by Gasteiger charge is 2.11. The van der Waals surface area contributed by atoms with Gasteiger partial charge in [-0.3, -0.25) is 4.79 Å². The molecule has 1 amide bonds. The molecule has 0 aliphatic heterocycles. The molecule has 2 N–H and O–H groups in total. The van der Waals surface area contributed by atoms with Gasteiger partial charge >= 0.3 is 0 Å². The fraction of sp³-hybridized carbons (Fsp3) is 0.0500. The lowest BCUT2D eigenvalue weighted by molar-refractivity contribution is 0.0948. The summed E-state index contributed by atoms with van der Waals surface area (Å²) in [6.45, 7) is 0.367. The van der Waals surface area contributed by atoms with Crippen LogP contribution in [0, 0.1) is 0 Å². The number of phenolic OH excluding ortho intramolecular Hbond substituents is 1. The van der Waals surface area contributed by atoms with Crippen molar-refractivity contribution in [1.29, 1.82) is 0 Å². The maximum atomic E-state index is 12.2. The molecule has 4 heteroatoms. The first-order chi connectivity index (χ1) is 11.6. The van der Waals surface area contributed by atoms with Gasteiger partial charge in [0, 0.05) is 11.6 Å². The van der Waals surface area contributed by atoms with Crippen molar-refractivity contribution in [1.82, 2.24) is 5.32 Å². The molecule has 0 fully saturated rings. The monoisotopic (exact) mass is 337 g/mol. The molecule has 3 rings (SSSR count). The van der Waals surface area contributed by atoms with E-state index in [0.29, 0.717) is 11.6 Å². The highest BCUT2D eigenvalue weighted by Crippen LogP contribution is 2.22. The Morgan fingerprint density at radius 1 is 0.917 bits per heavy atom. The van der Waals surface area contributed by atoms with Gasteiger partial charge in [-0.1, -0.05) is 60.1 Å². The predicted molar refractivity (Wildman–Crippen MR) is 96.2 cm³/mol. The molecule has 0 spiro atoms. The van der Waals surface area contributed by atoms with Gasteiger partial charge < -0.3 is 10.4 Å². The van der Waals surface area contributed by atoms with Crippen molar-refractivity contribution in [2.24, 2.45) is 0 Å². The van der Waals surface area contributed by atoms with Crippen molar-refractivity contribution < 1.29 is 9.90 Å². The normalized spacial score (nSPS) is 10.4. The Hall–Kier alpha value is -2.78. The topological polar surface area (TPSA) is 49.3 Å². The Morgan fingerprint density at radius 3 is 2.46 bits per heavy atom. The molecule has 0 aliphatic carbocycles. The van der Waals surface area contributed by atoms with Gasteiger partial charge in [0.1, 0.15) is 5.75 Å². The second kappa shape index (κ2) is 7.20. The molecule has 0 radical (unpaired) electrons. The molecule has 0 aromatic heterocycles. The minimum Gasteiger partial charge on any atom is -0.507 e. The zero-order chi connectivity index (χ0) is 16.9. The van der Waals surface area contributed by atoms with Gasteiger partial charge in [0.15, 0.2) is 0 Å². The Labute approximate surface area is 145 Å². The van der Waals surface area contributed by atoms with Gasteiger partial charge in [0.05, 0.1) is 5.56 Å². The zero-order valence-electron chi connectivity index (χ0n) is 12.9. The second-order valence-electron chi connectivity index (χ2n) is 5.41. The lowest BCUT2D eigenvalue weighted by atomic mass is 10.0. The quantitative estimate of drug-likeness (QED) is 0.728. The number of hydrogen-bond acceptors (Lipinski definition) is 2. The average molecular weight is 338 g/mol. The molecule has 0 aliphatic rings. The molecule has 24 heavy (non-hydrogen) atoms. The van der Waals surface area contributed by atoms with Crippen LogP contribution in [-0.2, 0) is 6.54 Å². The largest absolute Gasteiger partial charge is 0.507 e. The number of hydrogen-bond donors (Lipinski definition) is 2. The number of benzene rings is 3. The first-order valence-corrected chi connectivity index (χ1v) is 7.92. The van der Waals surface area contributed by atoms with E-state index >= 15 is 0 Å². The number of rotatable bonds is 4. The van der Waals surface area contributed by atoms with Crippen LogP contribution in [0.3, 0.4) is 0 Å². The molecule has 0 unspecified atom stereocenters. The summed E-state index contributed by atoms with van der Waals surface area (Å²) in [4.78, 5) is 12.2. The molecular weight excluding hydrogens is 322 g/mol. The molecule has 120 valence electrons. The maximum Gasteiger partial charge on any atom is 0.255 e. The van der Waals surface area contributed by atoms with Gasteiger partial charge in [-0.05, 0) is 41.0 Å². The first-order valence-electron chi connectivity index (χ1n) is 7.54. The molecule has 0 heterocycles. The SMILES string of the molecule is O=C(NCc1cccc(-c2ccccc2)c1)c1cc(Cl)ccc1O. The van der Waals surface area contributed by atoms with Crippen LogP contribution in [0.4, 0.5) is 0 Å². The fourth-order valence-corrected chi connectivity index (χ4v) is 2.63. The Kier molecular flexibility index (Phi) is 4.82. The molecule has 0 atom stereocenters. The third-order valence-corrected chi connectivity index (χ3v) is 3.93. The Balaban J connectivity index is 1.73. The predicted octanol–water partition coefficient (Wildman–Crippen LogP) is 4.64. The van der Waals surface area contributed by atoms with E-state index in [0.717, 1.165) is 16.7 Å². The van der Waals surface area contributed by atoms with Crippen molar-refractivity contribution >= 4 is 17.5 Å². The van der Waals surface area contributed by atoms with Gasteiger partial charge in [0.2, 0.25) is 0 Å². The number of phenols is 1. The van der Waals surface area contributed by atoms with Crippen LogP contribution in [-0.4, -0.2) is 11.0 Å². The Morgan fingerprint density at radius 2 is 1.67 bits per heavy atom. The van der Waals surface area contributed by atoms with Crippen LogP contribution in [0.15, 0.2) is 72.8 Å². The lowest BCUT2D eigenvalue weighted by Gasteiger charge is -2.09. The van der Waals surface area contributed by atoms with E-state index in [4.69, 9.17) is 11.6 Å². The molecule has 0 saturated carbocycles. The third kappa shape index (κ3) is 3.76. The summed E-state index contributed by atoms with van der Waals surface area (Å²) in [5.41, 5.74) is 3.36. The summed E-state index contributed by atoms with van der Waals surface area (Å²) < 4.78 is 0. The Bertz CT molecular complexity index is 863. The van der Waals surface area contributed by atoms with Crippen molar-refractivity contribution in [2.75, 3.05) is 0 Å². The van der Waals surface area contributed by atoms with Crippen molar-refractivity contribution in [3.05, 3.63) is 88.9 Å². The average Bonchev–Trinajstić information content (AvgIpc) is 2.63. The maximum absolute atomic E-state index is 12.2. The summed E-state index contributed by atoms with van der Waals surface area (Å²) in [7, 11) is 0. The summed E-state index contributed by atoms with van der Waals surface area (Å²) in [6.07, 6.45) is 0. The van der Waals surface area contributed by atoms with E-state index < -0.39 is 0 Å². The van der Waals surface area contributed by atoms with E-state index in [1.165, 1.54) is 18.2 Å². The zero-order valence-corrected chi connectivity index (χ0v) is 13.6. The smallest absolute Gasteiger partial charge is 0.255 e. The van der Waals surface area contributed by atoms with E-state index in [-0.39, 0.29) is 17.2 Å². The molecule has 3 nitrogen and oxygen atoms in total. The number of nitrogens with one attached hydrogen (secondary N) is 1. The molecule has 0 bridgehead atoms. The van der Waals surface area contributed by atoms with Crippen LogP contribution in [0.5, 0.6) is 5.75 Å². The number of amides is 1. The van der Waals surface area contributed by atoms with Gasteiger partial charge in [0.25, 0.3) is 5.91 Å². The van der Waals surface area contributed by atoms with Gasteiger partial charge in [-0.25, -0.2) is 0 Å². The van der Waals surface area contributed by atoms with Crippen molar-refractivity contribution in [2.45, 2.75) is 6.54 Å². The molecular formula is C20H16ClNO2. The number of halogens is 1. The summed E-state index contributed by atoms with van der Waals surface area (Å²) >= 11 is 5.88. The van der Waals surface area contributed by atoms with Crippen LogP contribution < -0.4 is 5.32 Å². The highest BCUT2D eigenvalue weighted by atomic mass is 35.5. The minimum absolute atomic E-state index is 0.0880. The van der Waals surface area contributed by atoms with E-state index in [1.807, 2.05) is 54.6 Å². The summed E-state index contributed by atoms with van der Waals surface area (Å²) in [5.74, 6) is -0.449. The van der Waals surface area contributed by atoms with Crippen LogP contribution >= 0.6 is 11.6 Å². The van der Waals surface area contributed by atoms with Crippen LogP contribution in [0.2, 0.25) is 5.02 Å². The number of carbonyl (C=O) groups is 1. The first kappa shape index (κ1) is 16.1. The van der Waals surface area contributed by atoms with Crippen molar-refractivity contribution in [3.8, 4) is 16.9 Å². The van der Waals surface area contributed by atoms with Crippen LogP contribution in [0.25, 0.3) is 11.1 Å². The van der Waals surface area contributed by atoms with Crippen molar-refractivity contribution in [3.63, 3.8) is 0 Å². The standard InChI is InChI=1S/C20H16ClNO2/c21-17-9-10-19(23)18(12-17)20(24)22-13-14-5-4-8-16(11-14)15-6-2-1-3-7-15/h1-12,23H,13H2,(H,22,24).